The van der Waals surface area contributed by atoms with Gasteiger partial charge in [-0.3, -0.25) is 4.79 Å². The van der Waals surface area contributed by atoms with Crippen LogP contribution in [-0.2, 0) is 11.2 Å². The number of carbonyl (C=O) groups is 1. The van der Waals surface area contributed by atoms with Crippen LogP contribution in [0.3, 0.4) is 0 Å². The van der Waals surface area contributed by atoms with Gasteiger partial charge in [-0.05, 0) is 55.4 Å². The van der Waals surface area contributed by atoms with Gasteiger partial charge in [0.2, 0.25) is 5.91 Å². The highest BCUT2D eigenvalue weighted by Gasteiger charge is 2.30. The molecule has 1 aromatic carbocycles. The molecule has 1 aliphatic heterocycles. The van der Waals surface area contributed by atoms with Crippen molar-refractivity contribution in [3.05, 3.63) is 23.3 Å². The normalized spacial score (nSPS) is 23.9. The summed E-state index contributed by atoms with van der Waals surface area (Å²) in [6, 6.07) is 4.32. The molecule has 1 saturated carbocycles. The van der Waals surface area contributed by atoms with Gasteiger partial charge in [0.1, 0.15) is 13.2 Å². The molecule has 4 heteroatoms. The highest BCUT2D eigenvalue weighted by Crippen LogP contribution is 2.40. The molecule has 0 bridgehead atoms. The summed E-state index contributed by atoms with van der Waals surface area (Å²) in [5, 5.41) is 3.25. The Kier molecular flexibility index (Phi) is 3.24. The summed E-state index contributed by atoms with van der Waals surface area (Å²) in [4.78, 5) is 12.2. The molecule has 1 unspecified atom stereocenters. The number of hydrogen-bond acceptors (Lipinski definition) is 3. The van der Waals surface area contributed by atoms with Crippen LogP contribution in [0.5, 0.6) is 11.5 Å². The molecule has 1 fully saturated rings. The predicted molar refractivity (Wildman–Crippen MR) is 78.6 cm³/mol. The highest BCUT2D eigenvalue weighted by molar-refractivity contribution is 5.80. The summed E-state index contributed by atoms with van der Waals surface area (Å²) in [7, 11) is 0. The summed E-state index contributed by atoms with van der Waals surface area (Å²) < 4.78 is 11.3. The zero-order valence-electron chi connectivity index (χ0n) is 12.2. The fourth-order valence-electron chi connectivity index (χ4n) is 3.45. The number of aryl methyl sites for hydroxylation is 1. The van der Waals surface area contributed by atoms with Crippen LogP contribution in [0.15, 0.2) is 12.1 Å². The molecule has 1 heterocycles. The summed E-state index contributed by atoms with van der Waals surface area (Å²) >= 11 is 0. The van der Waals surface area contributed by atoms with Crippen molar-refractivity contribution >= 4 is 5.91 Å². The maximum absolute atomic E-state index is 12.2. The van der Waals surface area contributed by atoms with E-state index in [2.05, 4.69) is 17.4 Å². The Morgan fingerprint density at radius 1 is 1.05 bits per heavy atom. The zero-order valence-corrected chi connectivity index (χ0v) is 12.2. The van der Waals surface area contributed by atoms with Crippen LogP contribution in [0.4, 0.5) is 0 Å². The second kappa shape index (κ2) is 5.24. The first-order valence-electron chi connectivity index (χ1n) is 8.04. The Morgan fingerprint density at radius 3 is 2.52 bits per heavy atom. The minimum atomic E-state index is 0.137. The lowest BCUT2D eigenvalue weighted by atomic mass is 9.83. The smallest absolute Gasteiger partial charge is 0.223 e. The number of hydrogen-bond donors (Lipinski definition) is 1. The van der Waals surface area contributed by atoms with Crippen LogP contribution in [0.1, 0.15) is 49.3 Å². The first-order chi connectivity index (χ1) is 10.3. The number of fused-ring (bicyclic) bond motifs is 2. The fourth-order valence-corrected chi connectivity index (χ4v) is 3.45. The highest BCUT2D eigenvalue weighted by atomic mass is 16.6. The second-order valence-electron chi connectivity index (χ2n) is 6.28. The number of nitrogens with one attached hydrogen (secondary N) is 1. The number of rotatable bonds is 2. The molecule has 0 aromatic heterocycles. The molecule has 1 amide bonds. The number of benzene rings is 1. The van der Waals surface area contributed by atoms with Crippen molar-refractivity contribution in [2.75, 3.05) is 13.2 Å². The lowest BCUT2D eigenvalue weighted by Gasteiger charge is -2.32. The van der Waals surface area contributed by atoms with Crippen molar-refractivity contribution in [2.24, 2.45) is 5.92 Å². The Bertz CT molecular complexity index is 565. The maximum Gasteiger partial charge on any atom is 0.223 e. The van der Waals surface area contributed by atoms with Gasteiger partial charge in [-0.25, -0.2) is 0 Å². The Labute approximate surface area is 124 Å². The van der Waals surface area contributed by atoms with E-state index in [0.717, 1.165) is 43.6 Å². The number of carbonyl (C=O) groups excluding carboxylic acids is 1. The third-order valence-electron chi connectivity index (χ3n) is 4.91. The fraction of sp³-hybridized carbons (Fsp3) is 0.588. The quantitative estimate of drug-likeness (QED) is 0.910. The van der Waals surface area contributed by atoms with Crippen molar-refractivity contribution in [3.63, 3.8) is 0 Å². The minimum absolute atomic E-state index is 0.137. The van der Waals surface area contributed by atoms with Gasteiger partial charge < -0.3 is 14.8 Å². The summed E-state index contributed by atoms with van der Waals surface area (Å²) in [5.41, 5.74) is 2.52. The predicted octanol–water partition coefficient (Wildman–Crippen LogP) is 2.75. The van der Waals surface area contributed by atoms with Crippen molar-refractivity contribution in [1.29, 1.82) is 0 Å². The first-order valence-corrected chi connectivity index (χ1v) is 8.04. The van der Waals surface area contributed by atoms with E-state index >= 15 is 0 Å². The molecule has 0 saturated heterocycles. The van der Waals surface area contributed by atoms with Gasteiger partial charge in [0.05, 0.1) is 6.04 Å². The SMILES string of the molecule is O=C(NC1CCCc2cc3c(cc21)OCCO3)C1CCC1. The van der Waals surface area contributed by atoms with E-state index in [1.807, 2.05) is 0 Å². The van der Waals surface area contributed by atoms with Gasteiger partial charge in [-0.2, -0.15) is 0 Å². The van der Waals surface area contributed by atoms with E-state index in [-0.39, 0.29) is 17.9 Å². The molecule has 0 radical (unpaired) electrons. The van der Waals surface area contributed by atoms with E-state index in [9.17, 15) is 4.79 Å². The van der Waals surface area contributed by atoms with E-state index < -0.39 is 0 Å². The van der Waals surface area contributed by atoms with E-state index in [0.29, 0.717) is 13.2 Å². The molecule has 4 nitrogen and oxygen atoms in total. The largest absolute Gasteiger partial charge is 0.486 e. The van der Waals surface area contributed by atoms with Gasteiger partial charge in [0.15, 0.2) is 11.5 Å². The van der Waals surface area contributed by atoms with Crippen LogP contribution in [0.25, 0.3) is 0 Å². The number of amides is 1. The molecule has 112 valence electrons. The van der Waals surface area contributed by atoms with Gasteiger partial charge in [-0.1, -0.05) is 6.42 Å². The van der Waals surface area contributed by atoms with E-state index in [1.54, 1.807) is 0 Å². The topological polar surface area (TPSA) is 47.6 Å². The van der Waals surface area contributed by atoms with Crippen LogP contribution in [-0.4, -0.2) is 19.1 Å². The standard InChI is InChI=1S/C17H21NO3/c19-17(11-3-1-4-11)18-14-6-2-5-12-9-15-16(10-13(12)14)21-8-7-20-15/h9-11,14H,1-8H2,(H,18,19). The minimum Gasteiger partial charge on any atom is -0.486 e. The van der Waals surface area contributed by atoms with Crippen LogP contribution in [0, 0.1) is 5.92 Å². The lowest BCUT2D eigenvalue weighted by Crippen LogP contribution is -2.38. The lowest BCUT2D eigenvalue weighted by molar-refractivity contribution is -0.128. The average Bonchev–Trinajstić information content (AvgIpc) is 2.44. The molecule has 1 N–H and O–H groups in total. The summed E-state index contributed by atoms with van der Waals surface area (Å²) in [5.74, 6) is 2.15. The van der Waals surface area contributed by atoms with Crippen LogP contribution < -0.4 is 14.8 Å². The zero-order chi connectivity index (χ0) is 14.2. The molecule has 4 rings (SSSR count). The van der Waals surface area contributed by atoms with Crippen LogP contribution in [0.2, 0.25) is 0 Å². The molecule has 0 spiro atoms. The van der Waals surface area contributed by atoms with Crippen molar-refractivity contribution in [3.8, 4) is 11.5 Å². The van der Waals surface area contributed by atoms with Crippen molar-refractivity contribution < 1.29 is 14.3 Å². The van der Waals surface area contributed by atoms with Crippen molar-refractivity contribution in [2.45, 2.75) is 44.6 Å². The third kappa shape index (κ3) is 2.37. The Morgan fingerprint density at radius 2 is 1.81 bits per heavy atom. The molecule has 21 heavy (non-hydrogen) atoms. The molecular formula is C17H21NO3. The molecule has 3 aliphatic rings. The molecular weight excluding hydrogens is 266 g/mol. The Balaban J connectivity index is 1.59. The van der Waals surface area contributed by atoms with Gasteiger partial charge in [0.25, 0.3) is 0 Å². The second-order valence-corrected chi connectivity index (χ2v) is 6.28. The third-order valence-corrected chi connectivity index (χ3v) is 4.91. The monoisotopic (exact) mass is 287 g/mol. The Hall–Kier alpha value is -1.71. The molecule has 1 aromatic rings. The average molecular weight is 287 g/mol. The van der Waals surface area contributed by atoms with Crippen LogP contribution >= 0.6 is 0 Å². The van der Waals surface area contributed by atoms with E-state index in [4.69, 9.17) is 9.47 Å². The first kappa shape index (κ1) is 13.0. The van der Waals surface area contributed by atoms with Gasteiger partial charge in [-0.15, -0.1) is 0 Å². The van der Waals surface area contributed by atoms with Gasteiger partial charge in [0, 0.05) is 5.92 Å². The molecule has 1 atom stereocenters. The number of ether oxygens (including phenoxy) is 2. The van der Waals surface area contributed by atoms with Crippen molar-refractivity contribution in [1.82, 2.24) is 5.32 Å². The maximum atomic E-state index is 12.2. The summed E-state index contributed by atoms with van der Waals surface area (Å²) in [6.07, 6.45) is 6.48. The van der Waals surface area contributed by atoms with Gasteiger partial charge >= 0.3 is 0 Å². The molecule has 2 aliphatic carbocycles. The summed E-state index contributed by atoms with van der Waals surface area (Å²) in [6.45, 7) is 1.22. The van der Waals surface area contributed by atoms with E-state index in [1.165, 1.54) is 17.5 Å².